The molecular formula is C28H35N3O. The number of rotatable bonds is 0. The summed E-state index contributed by atoms with van der Waals surface area (Å²) in [4.78, 5) is 4.91. The van der Waals surface area contributed by atoms with E-state index in [2.05, 4.69) is 55.7 Å². The Morgan fingerprint density at radius 1 is 1.00 bits per heavy atom. The van der Waals surface area contributed by atoms with Crippen LogP contribution < -0.4 is 0 Å². The molecule has 1 N–H and O–H groups in total. The standard InChI is InChI=1S/C28H35N3O/c1-26-15-17-16-29-25-20-6-4-5-7-23(20)30-31(25)24(17)14-18(26)8-9-19-21(26)10-12-27(2)22(19)11-13-28(27,3)32/h4-7,16,18-19,21-22,32H,8-15H2,1-3H3/t18-,19+,21-,22-,26-,27-,28-/m0/s1. The molecule has 2 heterocycles. The highest BCUT2D eigenvalue weighted by Crippen LogP contribution is 2.67. The zero-order valence-corrected chi connectivity index (χ0v) is 19.6. The van der Waals surface area contributed by atoms with Crippen LogP contribution in [0.5, 0.6) is 0 Å². The fraction of sp³-hybridized carbons (Fsp3) is 0.643. The summed E-state index contributed by atoms with van der Waals surface area (Å²) in [5, 5.41) is 17.3. The van der Waals surface area contributed by atoms with Gasteiger partial charge in [-0.3, -0.25) is 0 Å². The Hall–Kier alpha value is -1.94. The Morgan fingerprint density at radius 3 is 2.69 bits per heavy atom. The first kappa shape index (κ1) is 19.5. The fourth-order valence-electron chi connectivity index (χ4n) is 9.08. The molecule has 168 valence electrons. The van der Waals surface area contributed by atoms with Crippen LogP contribution in [-0.4, -0.2) is 25.3 Å². The van der Waals surface area contributed by atoms with Gasteiger partial charge >= 0.3 is 0 Å². The molecule has 4 heteroatoms. The second-order valence-corrected chi connectivity index (χ2v) is 12.3. The van der Waals surface area contributed by atoms with E-state index in [0.717, 1.165) is 53.6 Å². The minimum Gasteiger partial charge on any atom is -0.390 e. The van der Waals surface area contributed by atoms with Crippen LogP contribution in [0.15, 0.2) is 30.5 Å². The molecule has 0 radical (unpaired) electrons. The molecule has 4 aliphatic rings. The molecule has 0 spiro atoms. The lowest BCUT2D eigenvalue weighted by atomic mass is 9.44. The molecule has 0 aliphatic heterocycles. The van der Waals surface area contributed by atoms with Crippen molar-refractivity contribution in [1.29, 1.82) is 0 Å². The van der Waals surface area contributed by atoms with Gasteiger partial charge in [-0.2, -0.15) is 5.10 Å². The van der Waals surface area contributed by atoms with Crippen molar-refractivity contribution in [2.45, 2.75) is 77.7 Å². The molecule has 0 saturated heterocycles. The summed E-state index contributed by atoms with van der Waals surface area (Å²) in [6.45, 7) is 7.11. The van der Waals surface area contributed by atoms with Crippen LogP contribution in [0.4, 0.5) is 0 Å². The van der Waals surface area contributed by atoms with Crippen molar-refractivity contribution in [3.05, 3.63) is 41.7 Å². The number of fused-ring (bicyclic) bond motifs is 10. The molecule has 0 unspecified atom stereocenters. The number of benzene rings is 1. The molecule has 4 nitrogen and oxygen atoms in total. The Labute approximate surface area is 190 Å². The van der Waals surface area contributed by atoms with Crippen LogP contribution in [-0.2, 0) is 12.8 Å². The summed E-state index contributed by atoms with van der Waals surface area (Å²) in [6.07, 6.45) is 11.7. The van der Waals surface area contributed by atoms with Crippen molar-refractivity contribution in [3.63, 3.8) is 0 Å². The molecular weight excluding hydrogens is 394 g/mol. The van der Waals surface area contributed by atoms with Crippen molar-refractivity contribution in [2.75, 3.05) is 0 Å². The molecule has 2 aromatic heterocycles. The summed E-state index contributed by atoms with van der Waals surface area (Å²) in [7, 11) is 0. The van der Waals surface area contributed by atoms with Gasteiger partial charge in [0.15, 0.2) is 5.65 Å². The molecule has 1 aromatic carbocycles. The maximum Gasteiger partial charge on any atom is 0.163 e. The molecule has 3 aromatic rings. The topological polar surface area (TPSA) is 50.4 Å². The van der Waals surface area contributed by atoms with Crippen molar-refractivity contribution < 1.29 is 5.11 Å². The molecule has 3 fully saturated rings. The molecule has 0 amide bonds. The van der Waals surface area contributed by atoms with E-state index < -0.39 is 5.60 Å². The Balaban J connectivity index is 1.29. The zero-order chi connectivity index (χ0) is 21.9. The summed E-state index contributed by atoms with van der Waals surface area (Å²) >= 11 is 0. The van der Waals surface area contributed by atoms with Gasteiger partial charge in [-0.25, -0.2) is 9.50 Å². The van der Waals surface area contributed by atoms with Gasteiger partial charge < -0.3 is 5.11 Å². The van der Waals surface area contributed by atoms with Gasteiger partial charge in [-0.15, -0.1) is 0 Å². The Morgan fingerprint density at radius 2 is 1.81 bits per heavy atom. The van der Waals surface area contributed by atoms with E-state index in [4.69, 9.17) is 10.1 Å². The third-order valence-electron chi connectivity index (χ3n) is 11.2. The van der Waals surface area contributed by atoms with Crippen LogP contribution >= 0.6 is 0 Å². The lowest BCUT2D eigenvalue weighted by molar-refractivity contribution is -0.139. The number of hydrogen-bond acceptors (Lipinski definition) is 3. The summed E-state index contributed by atoms with van der Waals surface area (Å²) in [6, 6.07) is 8.40. The second-order valence-electron chi connectivity index (χ2n) is 12.3. The van der Waals surface area contributed by atoms with Crippen LogP contribution in [0.3, 0.4) is 0 Å². The van der Waals surface area contributed by atoms with E-state index in [1.165, 1.54) is 43.4 Å². The largest absolute Gasteiger partial charge is 0.390 e. The van der Waals surface area contributed by atoms with Gasteiger partial charge in [0.1, 0.15) is 0 Å². The fourth-order valence-corrected chi connectivity index (χ4v) is 9.08. The lowest BCUT2D eigenvalue weighted by Crippen LogP contribution is -2.56. The Bertz CT molecular complexity index is 1240. The van der Waals surface area contributed by atoms with Gasteiger partial charge in [0.05, 0.1) is 11.1 Å². The summed E-state index contributed by atoms with van der Waals surface area (Å²) < 4.78 is 2.16. The number of aliphatic hydroxyl groups is 1. The first-order valence-corrected chi connectivity index (χ1v) is 12.8. The third-order valence-corrected chi connectivity index (χ3v) is 11.2. The maximum atomic E-state index is 11.2. The van der Waals surface area contributed by atoms with Crippen LogP contribution in [0, 0.1) is 34.5 Å². The van der Waals surface area contributed by atoms with Crippen LogP contribution in [0.1, 0.15) is 70.6 Å². The SMILES string of the molecule is C[C@]12Cc3cnc4c5ccccc5nn4c3C[C@@H]1CC[C@@H]1[C@@H]2CC[C@@]2(C)[C@H]1CC[C@]2(C)O. The van der Waals surface area contributed by atoms with Gasteiger partial charge in [-0.05, 0) is 110 Å². The molecule has 4 aliphatic carbocycles. The second kappa shape index (κ2) is 6.14. The van der Waals surface area contributed by atoms with E-state index in [0.29, 0.717) is 11.3 Å². The first-order valence-electron chi connectivity index (χ1n) is 12.8. The van der Waals surface area contributed by atoms with Crippen molar-refractivity contribution in [1.82, 2.24) is 14.6 Å². The highest BCUT2D eigenvalue weighted by atomic mass is 16.3. The maximum absolute atomic E-state index is 11.2. The van der Waals surface area contributed by atoms with E-state index in [-0.39, 0.29) is 5.41 Å². The Kier molecular flexibility index (Phi) is 3.74. The average molecular weight is 430 g/mol. The van der Waals surface area contributed by atoms with Crippen molar-refractivity contribution in [3.8, 4) is 0 Å². The highest BCUT2D eigenvalue weighted by molar-refractivity contribution is 5.92. The predicted octanol–water partition coefficient (Wildman–Crippen LogP) is 5.59. The molecule has 32 heavy (non-hydrogen) atoms. The van der Waals surface area contributed by atoms with E-state index in [1.54, 1.807) is 0 Å². The predicted molar refractivity (Wildman–Crippen MR) is 126 cm³/mol. The summed E-state index contributed by atoms with van der Waals surface area (Å²) in [5.41, 5.74) is 4.83. The van der Waals surface area contributed by atoms with Crippen LogP contribution in [0.25, 0.3) is 16.6 Å². The minimum atomic E-state index is -0.489. The highest BCUT2D eigenvalue weighted by Gasteiger charge is 2.63. The quantitative estimate of drug-likeness (QED) is 0.507. The minimum absolute atomic E-state index is 0.104. The number of hydrogen-bond donors (Lipinski definition) is 1. The summed E-state index contributed by atoms with van der Waals surface area (Å²) in [5.74, 6) is 2.95. The van der Waals surface area contributed by atoms with E-state index in [9.17, 15) is 5.11 Å². The van der Waals surface area contributed by atoms with Gasteiger partial charge in [-0.1, -0.05) is 26.0 Å². The smallest absolute Gasteiger partial charge is 0.163 e. The van der Waals surface area contributed by atoms with Crippen molar-refractivity contribution >= 4 is 16.6 Å². The molecule has 7 rings (SSSR count). The third kappa shape index (κ3) is 2.27. The number of nitrogens with zero attached hydrogens (tertiary/aromatic N) is 3. The van der Waals surface area contributed by atoms with Gasteiger partial charge in [0.25, 0.3) is 0 Å². The zero-order valence-electron chi connectivity index (χ0n) is 19.6. The number of aromatic nitrogens is 3. The van der Waals surface area contributed by atoms with E-state index >= 15 is 0 Å². The normalized spacial score (nSPS) is 43.0. The molecule has 7 atom stereocenters. The van der Waals surface area contributed by atoms with Crippen LogP contribution in [0.2, 0.25) is 0 Å². The van der Waals surface area contributed by atoms with E-state index in [1.807, 2.05) is 0 Å². The molecule has 3 saturated carbocycles. The monoisotopic (exact) mass is 429 g/mol. The molecule has 0 bridgehead atoms. The average Bonchev–Trinajstić information content (AvgIpc) is 3.26. The lowest BCUT2D eigenvalue weighted by Gasteiger charge is -2.61. The van der Waals surface area contributed by atoms with Crippen molar-refractivity contribution in [2.24, 2.45) is 34.5 Å². The van der Waals surface area contributed by atoms with Gasteiger partial charge in [0, 0.05) is 17.3 Å². The van der Waals surface area contributed by atoms with Gasteiger partial charge in [0.2, 0.25) is 0 Å². The first-order chi connectivity index (χ1) is 15.3.